The Kier molecular flexibility index (Phi) is 3.93. The van der Waals surface area contributed by atoms with E-state index in [4.69, 9.17) is 11.6 Å². The minimum absolute atomic E-state index is 0.235. The second kappa shape index (κ2) is 5.00. The first-order valence-corrected chi connectivity index (χ1v) is 4.43. The Morgan fingerprint density at radius 1 is 1.46 bits per heavy atom. The molecule has 1 rings (SSSR count). The van der Waals surface area contributed by atoms with E-state index in [0.717, 1.165) is 5.56 Å². The van der Waals surface area contributed by atoms with Crippen molar-refractivity contribution in [3.05, 3.63) is 34.9 Å². The Morgan fingerprint density at radius 2 is 2.08 bits per heavy atom. The summed E-state index contributed by atoms with van der Waals surface area (Å²) in [6.45, 7) is 0. The summed E-state index contributed by atoms with van der Waals surface area (Å²) in [6, 6.07) is 7.21. The predicted octanol–water partition coefficient (Wildman–Crippen LogP) is 1.58. The van der Waals surface area contributed by atoms with Gasteiger partial charge in [-0.05, 0) is 31.2 Å². The fraction of sp³-hybridized carbons (Fsp3) is 0.300. The number of nitrogens with one attached hydrogen (secondary N) is 1. The van der Waals surface area contributed by atoms with E-state index >= 15 is 0 Å². The molecular weight excluding hydrogens is 186 g/mol. The highest BCUT2D eigenvalue weighted by Crippen LogP contribution is 2.10. The Bertz CT molecular complexity index is 271. The van der Waals surface area contributed by atoms with E-state index in [-0.39, 0.29) is 6.04 Å². The topological polar surface area (TPSA) is 29.1 Å². The van der Waals surface area contributed by atoms with Crippen molar-refractivity contribution in [1.82, 2.24) is 5.32 Å². The summed E-state index contributed by atoms with van der Waals surface area (Å²) in [5, 5.41) is 3.57. The summed E-state index contributed by atoms with van der Waals surface area (Å²) in [5.41, 5.74) is 1.08. The van der Waals surface area contributed by atoms with Gasteiger partial charge in [0.05, 0.1) is 6.04 Å². The Balaban J connectivity index is 2.63. The first kappa shape index (κ1) is 10.2. The van der Waals surface area contributed by atoms with Crippen molar-refractivity contribution in [1.29, 1.82) is 0 Å². The lowest BCUT2D eigenvalue weighted by Gasteiger charge is -2.07. The van der Waals surface area contributed by atoms with Crippen molar-refractivity contribution < 1.29 is 4.79 Å². The first-order valence-electron chi connectivity index (χ1n) is 4.05. The first-order chi connectivity index (χ1) is 6.26. The molecule has 1 atom stereocenters. The highest BCUT2D eigenvalue weighted by atomic mass is 35.5. The van der Waals surface area contributed by atoms with Gasteiger partial charge >= 0.3 is 0 Å². The van der Waals surface area contributed by atoms with Gasteiger partial charge in [0, 0.05) is 5.02 Å². The van der Waals surface area contributed by atoms with Gasteiger partial charge in [-0.1, -0.05) is 23.7 Å². The fourth-order valence-electron chi connectivity index (χ4n) is 1.06. The van der Waals surface area contributed by atoms with Gasteiger partial charge in [0.1, 0.15) is 0 Å². The molecule has 0 bridgehead atoms. The van der Waals surface area contributed by atoms with Crippen LogP contribution in [0, 0.1) is 0 Å². The van der Waals surface area contributed by atoms with Crippen LogP contribution in [-0.4, -0.2) is 19.4 Å². The molecule has 0 spiro atoms. The molecule has 3 heteroatoms. The van der Waals surface area contributed by atoms with Gasteiger partial charge in [-0.2, -0.15) is 0 Å². The Morgan fingerprint density at radius 3 is 2.54 bits per heavy atom. The Labute approximate surface area is 82.9 Å². The average molecular weight is 197 g/mol. The van der Waals surface area contributed by atoms with Crippen molar-refractivity contribution in [3.63, 3.8) is 0 Å². The molecular formula is C10H11ClNO. The quantitative estimate of drug-likeness (QED) is 0.793. The summed E-state index contributed by atoms with van der Waals surface area (Å²) in [5.74, 6) is 0. The second-order valence-corrected chi connectivity index (χ2v) is 3.23. The Hall–Kier alpha value is -0.860. The molecule has 1 N–H and O–H groups in total. The maximum Gasteiger partial charge on any atom is 0.217 e. The molecule has 69 valence electrons. The lowest BCUT2D eigenvalue weighted by Crippen LogP contribution is -2.28. The van der Waals surface area contributed by atoms with Gasteiger partial charge in [0.25, 0.3) is 0 Å². The molecule has 0 fully saturated rings. The minimum Gasteiger partial charge on any atom is -0.310 e. The van der Waals surface area contributed by atoms with Crippen LogP contribution in [0.4, 0.5) is 0 Å². The number of benzene rings is 1. The van der Waals surface area contributed by atoms with Crippen LogP contribution in [0.3, 0.4) is 0 Å². The number of halogens is 1. The van der Waals surface area contributed by atoms with Crippen molar-refractivity contribution in [2.45, 2.75) is 12.5 Å². The molecule has 0 aliphatic rings. The van der Waals surface area contributed by atoms with E-state index in [1.807, 2.05) is 30.6 Å². The summed E-state index contributed by atoms with van der Waals surface area (Å²) >= 11 is 5.72. The van der Waals surface area contributed by atoms with E-state index < -0.39 is 0 Å². The van der Waals surface area contributed by atoms with Crippen molar-refractivity contribution in [2.24, 2.45) is 0 Å². The third-order valence-electron chi connectivity index (χ3n) is 1.84. The SMILES string of the molecule is CN[C@@H]([C]=O)Cc1ccc(Cl)cc1. The number of rotatable bonds is 4. The largest absolute Gasteiger partial charge is 0.310 e. The predicted molar refractivity (Wildman–Crippen MR) is 53.7 cm³/mol. The monoisotopic (exact) mass is 196 g/mol. The average Bonchev–Trinajstić information content (AvgIpc) is 2.17. The van der Waals surface area contributed by atoms with Gasteiger partial charge in [-0.3, -0.25) is 4.79 Å². The highest BCUT2D eigenvalue weighted by Gasteiger charge is 2.05. The second-order valence-electron chi connectivity index (χ2n) is 2.79. The lowest BCUT2D eigenvalue weighted by atomic mass is 10.1. The number of carbonyl (C=O) groups excluding carboxylic acids is 1. The van der Waals surface area contributed by atoms with Crippen LogP contribution in [0.1, 0.15) is 5.56 Å². The molecule has 1 aromatic rings. The van der Waals surface area contributed by atoms with Crippen LogP contribution < -0.4 is 5.32 Å². The van der Waals surface area contributed by atoms with E-state index in [0.29, 0.717) is 11.4 Å². The smallest absolute Gasteiger partial charge is 0.217 e. The molecule has 0 aliphatic carbocycles. The van der Waals surface area contributed by atoms with Crippen LogP contribution in [0.2, 0.25) is 5.02 Å². The molecule has 2 nitrogen and oxygen atoms in total. The number of likely N-dealkylation sites (N-methyl/N-ethyl adjacent to an activating group) is 1. The molecule has 1 radical (unpaired) electrons. The standard InChI is InChI=1S/C10H11ClNO/c1-12-10(7-13)6-8-2-4-9(11)5-3-8/h2-5,10,12H,6H2,1H3/t10-/m1/s1. The zero-order valence-electron chi connectivity index (χ0n) is 7.38. The van der Waals surface area contributed by atoms with Crippen molar-refractivity contribution in [2.75, 3.05) is 7.05 Å². The number of hydrogen-bond donors (Lipinski definition) is 1. The van der Waals surface area contributed by atoms with Crippen molar-refractivity contribution >= 4 is 17.9 Å². The van der Waals surface area contributed by atoms with E-state index in [2.05, 4.69) is 5.32 Å². The van der Waals surface area contributed by atoms with E-state index in [1.54, 1.807) is 7.05 Å². The maximum absolute atomic E-state index is 10.4. The van der Waals surface area contributed by atoms with Crippen LogP contribution in [0.25, 0.3) is 0 Å². The van der Waals surface area contributed by atoms with Crippen molar-refractivity contribution in [3.8, 4) is 0 Å². The normalized spacial score (nSPS) is 12.5. The minimum atomic E-state index is -0.235. The maximum atomic E-state index is 10.4. The summed E-state index contributed by atoms with van der Waals surface area (Å²) in [7, 11) is 1.74. The van der Waals surface area contributed by atoms with Gasteiger partial charge < -0.3 is 5.32 Å². The molecule has 0 aromatic heterocycles. The van der Waals surface area contributed by atoms with Gasteiger partial charge in [-0.15, -0.1) is 0 Å². The van der Waals surface area contributed by atoms with E-state index in [1.165, 1.54) is 0 Å². The molecule has 1 aromatic carbocycles. The van der Waals surface area contributed by atoms with Gasteiger partial charge in [-0.25, -0.2) is 0 Å². The zero-order valence-corrected chi connectivity index (χ0v) is 8.14. The number of hydrogen-bond acceptors (Lipinski definition) is 2. The van der Waals surface area contributed by atoms with Crippen LogP contribution in [0.15, 0.2) is 24.3 Å². The molecule has 0 amide bonds. The van der Waals surface area contributed by atoms with Gasteiger partial charge in [0.15, 0.2) is 0 Å². The lowest BCUT2D eigenvalue weighted by molar-refractivity contribution is 0.526. The summed E-state index contributed by atoms with van der Waals surface area (Å²) in [6.07, 6.45) is 2.57. The summed E-state index contributed by atoms with van der Waals surface area (Å²) < 4.78 is 0. The third kappa shape index (κ3) is 3.17. The van der Waals surface area contributed by atoms with Crippen LogP contribution in [0.5, 0.6) is 0 Å². The fourth-order valence-corrected chi connectivity index (χ4v) is 1.18. The molecule has 0 saturated carbocycles. The molecule has 13 heavy (non-hydrogen) atoms. The molecule has 0 saturated heterocycles. The third-order valence-corrected chi connectivity index (χ3v) is 2.10. The van der Waals surface area contributed by atoms with Gasteiger partial charge in [0.2, 0.25) is 6.29 Å². The summed E-state index contributed by atoms with van der Waals surface area (Å²) in [4.78, 5) is 10.4. The highest BCUT2D eigenvalue weighted by molar-refractivity contribution is 6.30. The van der Waals surface area contributed by atoms with E-state index in [9.17, 15) is 4.79 Å². The van der Waals surface area contributed by atoms with Crippen LogP contribution >= 0.6 is 11.6 Å². The van der Waals surface area contributed by atoms with Crippen LogP contribution in [-0.2, 0) is 11.2 Å². The zero-order chi connectivity index (χ0) is 9.68. The molecule has 0 aliphatic heterocycles. The molecule has 0 heterocycles. The molecule has 0 unspecified atom stereocenters.